The number of hydrogen-bond acceptors (Lipinski definition) is 0. The smallest absolute Gasteiger partial charge is 0.0438 e. The Morgan fingerprint density at radius 3 is 2.60 bits per heavy atom. The summed E-state index contributed by atoms with van der Waals surface area (Å²) < 4.78 is 0. The van der Waals surface area contributed by atoms with Crippen LogP contribution >= 0.6 is 11.6 Å². The maximum Gasteiger partial charge on any atom is 0.0438 e. The second kappa shape index (κ2) is 3.83. The van der Waals surface area contributed by atoms with E-state index in [2.05, 4.69) is 39.0 Å². The van der Waals surface area contributed by atoms with Crippen molar-refractivity contribution in [2.45, 2.75) is 45.4 Å². The van der Waals surface area contributed by atoms with Crippen LogP contribution < -0.4 is 0 Å². The fourth-order valence-electron chi connectivity index (χ4n) is 2.81. The SMILES string of the molecule is CCC1CC1(CC)c1ccc(C)c(Cl)c1. The largest absolute Gasteiger partial charge is 0.0840 e. The Morgan fingerprint density at radius 2 is 2.13 bits per heavy atom. The lowest BCUT2D eigenvalue weighted by atomic mass is 9.89. The van der Waals surface area contributed by atoms with Crippen molar-refractivity contribution in [1.29, 1.82) is 0 Å². The average Bonchev–Trinajstić information content (AvgIpc) is 2.97. The third kappa shape index (κ3) is 1.69. The van der Waals surface area contributed by atoms with E-state index in [0.717, 1.165) is 10.9 Å². The van der Waals surface area contributed by atoms with Gasteiger partial charge >= 0.3 is 0 Å². The molecule has 0 aliphatic heterocycles. The third-order valence-electron chi connectivity index (χ3n) is 4.10. The molecule has 2 unspecified atom stereocenters. The number of hydrogen-bond donors (Lipinski definition) is 0. The van der Waals surface area contributed by atoms with Gasteiger partial charge in [-0.25, -0.2) is 0 Å². The van der Waals surface area contributed by atoms with Crippen molar-refractivity contribution >= 4 is 11.6 Å². The highest BCUT2D eigenvalue weighted by atomic mass is 35.5. The molecular weight excluding hydrogens is 204 g/mol. The van der Waals surface area contributed by atoms with Crippen LogP contribution in [-0.2, 0) is 5.41 Å². The summed E-state index contributed by atoms with van der Waals surface area (Å²) in [5, 5.41) is 0.919. The Kier molecular flexibility index (Phi) is 2.81. The van der Waals surface area contributed by atoms with Crippen molar-refractivity contribution in [2.75, 3.05) is 0 Å². The van der Waals surface area contributed by atoms with Crippen molar-refractivity contribution in [3.63, 3.8) is 0 Å². The zero-order valence-corrected chi connectivity index (χ0v) is 10.6. The van der Waals surface area contributed by atoms with Gasteiger partial charge < -0.3 is 0 Å². The van der Waals surface area contributed by atoms with Crippen LogP contribution in [0.3, 0.4) is 0 Å². The van der Waals surface area contributed by atoms with Gasteiger partial charge in [0.15, 0.2) is 0 Å². The van der Waals surface area contributed by atoms with Crippen molar-refractivity contribution in [3.05, 3.63) is 34.3 Å². The van der Waals surface area contributed by atoms with E-state index >= 15 is 0 Å². The fraction of sp³-hybridized carbons (Fsp3) is 0.571. The molecule has 1 aliphatic rings. The summed E-state index contributed by atoms with van der Waals surface area (Å²) >= 11 is 6.20. The molecule has 15 heavy (non-hydrogen) atoms. The molecule has 1 saturated carbocycles. The molecule has 0 bridgehead atoms. The lowest BCUT2D eigenvalue weighted by Gasteiger charge is -2.16. The van der Waals surface area contributed by atoms with E-state index in [9.17, 15) is 0 Å². The molecule has 0 heterocycles. The first kappa shape index (κ1) is 11.0. The minimum atomic E-state index is 0.450. The summed E-state index contributed by atoms with van der Waals surface area (Å²) in [6.07, 6.45) is 3.88. The van der Waals surface area contributed by atoms with Crippen molar-refractivity contribution < 1.29 is 0 Å². The summed E-state index contributed by atoms with van der Waals surface area (Å²) in [4.78, 5) is 0. The molecule has 0 nitrogen and oxygen atoms in total. The summed E-state index contributed by atoms with van der Waals surface area (Å²) in [7, 11) is 0. The molecule has 0 spiro atoms. The highest BCUT2D eigenvalue weighted by Crippen LogP contribution is 2.58. The maximum absolute atomic E-state index is 6.20. The van der Waals surface area contributed by atoms with Crippen molar-refractivity contribution in [3.8, 4) is 0 Å². The van der Waals surface area contributed by atoms with E-state index < -0.39 is 0 Å². The molecular formula is C14H19Cl. The van der Waals surface area contributed by atoms with Crippen LogP contribution in [0.1, 0.15) is 44.2 Å². The molecule has 1 aromatic carbocycles. The number of benzene rings is 1. The standard InChI is InChI=1S/C14H19Cl/c1-4-11-9-14(11,5-2)12-7-6-10(3)13(15)8-12/h6-8,11H,4-5,9H2,1-3H3. The normalized spacial score (nSPS) is 29.2. The van der Waals surface area contributed by atoms with Crippen LogP contribution in [0.2, 0.25) is 5.02 Å². The Bertz CT molecular complexity index is 370. The van der Waals surface area contributed by atoms with Gasteiger partial charge in [0.2, 0.25) is 0 Å². The van der Waals surface area contributed by atoms with Gasteiger partial charge in [-0.05, 0) is 48.3 Å². The zero-order valence-electron chi connectivity index (χ0n) is 9.81. The summed E-state index contributed by atoms with van der Waals surface area (Å²) in [6.45, 7) is 6.65. The molecule has 82 valence electrons. The first-order valence-electron chi connectivity index (χ1n) is 5.90. The lowest BCUT2D eigenvalue weighted by molar-refractivity contribution is 0.572. The van der Waals surface area contributed by atoms with Gasteiger partial charge in [0.1, 0.15) is 0 Å². The van der Waals surface area contributed by atoms with E-state index in [1.165, 1.54) is 30.4 Å². The topological polar surface area (TPSA) is 0 Å². The number of halogens is 1. The van der Waals surface area contributed by atoms with E-state index in [1.54, 1.807) is 0 Å². The second-order valence-corrected chi connectivity index (χ2v) is 5.19. The Labute approximate surface area is 97.6 Å². The first-order valence-corrected chi connectivity index (χ1v) is 6.28. The highest BCUT2D eigenvalue weighted by Gasteiger charge is 2.52. The Hall–Kier alpha value is -0.490. The summed E-state index contributed by atoms with van der Waals surface area (Å²) in [6, 6.07) is 6.59. The predicted molar refractivity (Wildman–Crippen MR) is 66.6 cm³/mol. The van der Waals surface area contributed by atoms with Crippen LogP contribution in [0, 0.1) is 12.8 Å². The first-order chi connectivity index (χ1) is 7.14. The quantitative estimate of drug-likeness (QED) is 0.694. The second-order valence-electron chi connectivity index (χ2n) is 4.78. The highest BCUT2D eigenvalue weighted by molar-refractivity contribution is 6.31. The molecule has 0 amide bonds. The van der Waals surface area contributed by atoms with E-state index in [4.69, 9.17) is 11.6 Å². The van der Waals surface area contributed by atoms with Crippen LogP contribution in [0.25, 0.3) is 0 Å². The minimum Gasteiger partial charge on any atom is -0.0840 e. The molecule has 1 aliphatic carbocycles. The zero-order chi connectivity index (χ0) is 11.1. The monoisotopic (exact) mass is 222 g/mol. The molecule has 0 saturated heterocycles. The maximum atomic E-state index is 6.20. The van der Waals surface area contributed by atoms with Crippen LogP contribution in [0.4, 0.5) is 0 Å². The van der Waals surface area contributed by atoms with E-state index in [-0.39, 0.29) is 0 Å². The van der Waals surface area contributed by atoms with Gasteiger partial charge in [-0.3, -0.25) is 0 Å². The Balaban J connectivity index is 2.33. The molecule has 2 atom stereocenters. The van der Waals surface area contributed by atoms with Crippen molar-refractivity contribution in [2.24, 2.45) is 5.92 Å². The van der Waals surface area contributed by atoms with E-state index in [1.807, 2.05) is 0 Å². The molecule has 1 heteroatoms. The summed E-state index contributed by atoms with van der Waals surface area (Å²) in [5.41, 5.74) is 3.08. The van der Waals surface area contributed by atoms with Gasteiger partial charge in [-0.1, -0.05) is 44.0 Å². The predicted octanol–water partition coefficient (Wildman–Crippen LogP) is 4.73. The third-order valence-corrected chi connectivity index (χ3v) is 4.51. The number of rotatable bonds is 3. The van der Waals surface area contributed by atoms with Gasteiger partial charge in [-0.15, -0.1) is 0 Å². The number of aryl methyl sites for hydroxylation is 1. The molecule has 0 N–H and O–H groups in total. The molecule has 0 aromatic heterocycles. The molecule has 1 fully saturated rings. The van der Waals surface area contributed by atoms with Gasteiger partial charge in [0.05, 0.1) is 0 Å². The fourth-order valence-corrected chi connectivity index (χ4v) is 2.99. The van der Waals surface area contributed by atoms with Crippen LogP contribution in [-0.4, -0.2) is 0 Å². The molecule has 0 radical (unpaired) electrons. The molecule has 2 rings (SSSR count). The average molecular weight is 223 g/mol. The van der Waals surface area contributed by atoms with Crippen LogP contribution in [0.5, 0.6) is 0 Å². The molecule has 1 aromatic rings. The van der Waals surface area contributed by atoms with E-state index in [0.29, 0.717) is 5.41 Å². The summed E-state index contributed by atoms with van der Waals surface area (Å²) in [5.74, 6) is 0.876. The van der Waals surface area contributed by atoms with Gasteiger partial charge in [0, 0.05) is 5.02 Å². The lowest BCUT2D eigenvalue weighted by Crippen LogP contribution is -2.08. The Morgan fingerprint density at radius 1 is 1.40 bits per heavy atom. The van der Waals surface area contributed by atoms with Gasteiger partial charge in [-0.2, -0.15) is 0 Å². The minimum absolute atomic E-state index is 0.450. The van der Waals surface area contributed by atoms with Gasteiger partial charge in [0.25, 0.3) is 0 Å². The van der Waals surface area contributed by atoms with Crippen molar-refractivity contribution in [1.82, 2.24) is 0 Å². The van der Waals surface area contributed by atoms with Crippen LogP contribution in [0.15, 0.2) is 18.2 Å².